The number of guanidine groups is 1. The fourth-order valence-electron chi connectivity index (χ4n) is 3.36. The number of hydrogen-bond acceptors (Lipinski definition) is 4. The molecule has 0 aromatic heterocycles. The maximum Gasteiger partial charge on any atom is 0.314 e. The van der Waals surface area contributed by atoms with Crippen LogP contribution in [0.15, 0.2) is 59.6 Å². The molecule has 0 radical (unpaired) electrons. The van der Waals surface area contributed by atoms with Crippen LogP contribution in [-0.2, 0) is 11.4 Å². The summed E-state index contributed by atoms with van der Waals surface area (Å²) in [7, 11) is 0. The third-order valence-electron chi connectivity index (χ3n) is 5.00. The number of nitrogens with zero attached hydrogens (tertiary/aromatic N) is 1. The van der Waals surface area contributed by atoms with Crippen LogP contribution in [0.25, 0.3) is 0 Å². The lowest BCUT2D eigenvalue weighted by Gasteiger charge is -2.26. The number of esters is 1. The molecule has 1 aliphatic rings. The molecule has 2 aromatic carbocycles. The summed E-state index contributed by atoms with van der Waals surface area (Å²) >= 11 is 0. The quantitative estimate of drug-likeness (QED) is 0.332. The fraction of sp³-hybridized carbons (Fsp3) is 0.364. The Bertz CT molecular complexity index is 778. The fourth-order valence-corrected chi connectivity index (χ4v) is 3.36. The minimum absolute atomic E-state index is 0.0653. The first kappa shape index (κ1) is 19.7. The van der Waals surface area contributed by atoms with Gasteiger partial charge < -0.3 is 20.9 Å². The SMILES string of the molecule is NC(N)=NCC1CCC(C(=O)Oc2ccc(OCc3ccccc3)cc2)CC1. The molecular weight excluding hydrogens is 354 g/mol. The summed E-state index contributed by atoms with van der Waals surface area (Å²) in [6.45, 7) is 1.14. The minimum atomic E-state index is -0.168. The first-order valence-electron chi connectivity index (χ1n) is 9.64. The van der Waals surface area contributed by atoms with Crippen LogP contribution in [-0.4, -0.2) is 18.5 Å². The van der Waals surface area contributed by atoms with Crippen LogP contribution in [0.2, 0.25) is 0 Å². The highest BCUT2D eigenvalue weighted by Gasteiger charge is 2.27. The molecule has 3 rings (SSSR count). The molecule has 0 spiro atoms. The highest BCUT2D eigenvalue weighted by Crippen LogP contribution is 2.30. The Labute approximate surface area is 165 Å². The third-order valence-corrected chi connectivity index (χ3v) is 5.00. The summed E-state index contributed by atoms with van der Waals surface area (Å²) in [6.07, 6.45) is 3.48. The first-order valence-corrected chi connectivity index (χ1v) is 9.64. The van der Waals surface area contributed by atoms with E-state index in [0.29, 0.717) is 24.8 Å². The predicted molar refractivity (Wildman–Crippen MR) is 109 cm³/mol. The summed E-state index contributed by atoms with van der Waals surface area (Å²) in [5.41, 5.74) is 11.9. The standard InChI is InChI=1S/C22H27N3O3/c23-22(24)25-14-16-6-8-18(9-7-16)21(26)28-20-12-10-19(11-13-20)27-15-17-4-2-1-3-5-17/h1-5,10-13,16,18H,6-9,14-15H2,(H4,23,24,25). The summed E-state index contributed by atoms with van der Waals surface area (Å²) in [4.78, 5) is 16.5. The number of carbonyl (C=O) groups is 1. The van der Waals surface area contributed by atoms with Crippen LogP contribution in [0.1, 0.15) is 31.2 Å². The number of ether oxygens (including phenoxy) is 2. The molecule has 6 heteroatoms. The molecule has 1 saturated carbocycles. The van der Waals surface area contributed by atoms with Gasteiger partial charge in [0.2, 0.25) is 0 Å². The van der Waals surface area contributed by atoms with E-state index in [9.17, 15) is 4.79 Å². The van der Waals surface area contributed by atoms with Crippen molar-refractivity contribution in [2.45, 2.75) is 32.3 Å². The molecule has 0 aliphatic heterocycles. The van der Waals surface area contributed by atoms with Crippen molar-refractivity contribution in [1.29, 1.82) is 0 Å². The van der Waals surface area contributed by atoms with Crippen LogP contribution in [0.3, 0.4) is 0 Å². The van der Waals surface area contributed by atoms with Crippen molar-refractivity contribution >= 4 is 11.9 Å². The molecule has 4 N–H and O–H groups in total. The molecule has 28 heavy (non-hydrogen) atoms. The summed E-state index contributed by atoms with van der Waals surface area (Å²) in [5, 5.41) is 0. The Morgan fingerprint density at radius 2 is 1.57 bits per heavy atom. The van der Waals surface area contributed by atoms with Gasteiger partial charge in [-0.2, -0.15) is 0 Å². The van der Waals surface area contributed by atoms with Gasteiger partial charge in [-0.3, -0.25) is 9.79 Å². The van der Waals surface area contributed by atoms with Gasteiger partial charge in [-0.05, 0) is 61.4 Å². The number of nitrogens with two attached hydrogens (primary N) is 2. The normalized spacial score (nSPS) is 18.9. The zero-order chi connectivity index (χ0) is 19.8. The van der Waals surface area contributed by atoms with Gasteiger partial charge in [0, 0.05) is 6.54 Å². The van der Waals surface area contributed by atoms with Crippen molar-refractivity contribution in [1.82, 2.24) is 0 Å². The number of hydrogen-bond donors (Lipinski definition) is 2. The largest absolute Gasteiger partial charge is 0.489 e. The second-order valence-electron chi connectivity index (χ2n) is 7.15. The molecular formula is C22H27N3O3. The van der Waals surface area contributed by atoms with Crippen molar-refractivity contribution in [2.24, 2.45) is 28.3 Å². The number of aliphatic imine (C=N–C) groups is 1. The van der Waals surface area contributed by atoms with E-state index in [1.165, 1.54) is 0 Å². The monoisotopic (exact) mass is 381 g/mol. The maximum atomic E-state index is 12.4. The van der Waals surface area contributed by atoms with E-state index in [0.717, 1.165) is 37.0 Å². The number of carbonyl (C=O) groups excluding carboxylic acids is 1. The second kappa shape index (κ2) is 9.78. The molecule has 6 nitrogen and oxygen atoms in total. The average Bonchev–Trinajstić information content (AvgIpc) is 2.73. The zero-order valence-electron chi connectivity index (χ0n) is 15.9. The predicted octanol–water partition coefficient (Wildman–Crippen LogP) is 3.25. The molecule has 148 valence electrons. The molecule has 1 aliphatic carbocycles. The Kier molecular flexibility index (Phi) is 6.89. The molecule has 1 fully saturated rings. The summed E-state index contributed by atoms with van der Waals surface area (Å²) in [6, 6.07) is 17.1. The van der Waals surface area contributed by atoms with Crippen molar-refractivity contribution in [3.8, 4) is 11.5 Å². The van der Waals surface area contributed by atoms with E-state index in [1.54, 1.807) is 12.1 Å². The lowest BCUT2D eigenvalue weighted by atomic mass is 9.82. The van der Waals surface area contributed by atoms with E-state index in [-0.39, 0.29) is 17.8 Å². The van der Waals surface area contributed by atoms with Gasteiger partial charge in [0.05, 0.1) is 5.92 Å². The van der Waals surface area contributed by atoms with E-state index >= 15 is 0 Å². The van der Waals surface area contributed by atoms with Crippen LogP contribution in [0.5, 0.6) is 11.5 Å². The summed E-state index contributed by atoms with van der Waals surface area (Å²) in [5.74, 6) is 1.61. The van der Waals surface area contributed by atoms with Gasteiger partial charge in [-0.25, -0.2) is 0 Å². The maximum absolute atomic E-state index is 12.4. The highest BCUT2D eigenvalue weighted by molar-refractivity contribution is 5.76. The van der Waals surface area contributed by atoms with Crippen molar-refractivity contribution in [3.05, 3.63) is 60.2 Å². The first-order chi connectivity index (χ1) is 13.6. The zero-order valence-corrected chi connectivity index (χ0v) is 15.9. The van der Waals surface area contributed by atoms with Crippen LogP contribution >= 0.6 is 0 Å². The van der Waals surface area contributed by atoms with Crippen molar-refractivity contribution < 1.29 is 14.3 Å². The summed E-state index contributed by atoms with van der Waals surface area (Å²) < 4.78 is 11.3. The van der Waals surface area contributed by atoms with Crippen LogP contribution in [0.4, 0.5) is 0 Å². The Hall–Kier alpha value is -3.02. The van der Waals surface area contributed by atoms with Crippen molar-refractivity contribution in [2.75, 3.05) is 6.54 Å². The lowest BCUT2D eigenvalue weighted by molar-refractivity contribution is -0.140. The van der Waals surface area contributed by atoms with Gasteiger partial charge in [0.1, 0.15) is 18.1 Å². The van der Waals surface area contributed by atoms with Crippen molar-refractivity contribution in [3.63, 3.8) is 0 Å². The smallest absolute Gasteiger partial charge is 0.314 e. The second-order valence-corrected chi connectivity index (χ2v) is 7.15. The Morgan fingerprint density at radius 3 is 2.21 bits per heavy atom. The van der Waals surface area contributed by atoms with E-state index in [4.69, 9.17) is 20.9 Å². The van der Waals surface area contributed by atoms with Gasteiger partial charge in [0.25, 0.3) is 0 Å². The van der Waals surface area contributed by atoms with Gasteiger partial charge in [-0.1, -0.05) is 30.3 Å². The van der Waals surface area contributed by atoms with E-state index in [1.807, 2.05) is 42.5 Å². The van der Waals surface area contributed by atoms with E-state index in [2.05, 4.69) is 4.99 Å². The lowest BCUT2D eigenvalue weighted by Crippen LogP contribution is -2.28. The topological polar surface area (TPSA) is 99.9 Å². The van der Waals surface area contributed by atoms with Crippen LogP contribution < -0.4 is 20.9 Å². The Morgan fingerprint density at radius 1 is 0.929 bits per heavy atom. The molecule has 0 atom stereocenters. The number of benzene rings is 2. The molecule has 0 amide bonds. The van der Waals surface area contributed by atoms with E-state index < -0.39 is 0 Å². The molecule has 0 heterocycles. The molecule has 0 unspecified atom stereocenters. The van der Waals surface area contributed by atoms with Gasteiger partial charge in [-0.15, -0.1) is 0 Å². The highest BCUT2D eigenvalue weighted by atomic mass is 16.5. The minimum Gasteiger partial charge on any atom is -0.489 e. The van der Waals surface area contributed by atoms with Crippen LogP contribution in [0, 0.1) is 11.8 Å². The van der Waals surface area contributed by atoms with Gasteiger partial charge >= 0.3 is 5.97 Å². The Balaban J connectivity index is 1.44. The number of rotatable bonds is 7. The van der Waals surface area contributed by atoms with Gasteiger partial charge in [0.15, 0.2) is 5.96 Å². The third kappa shape index (κ3) is 6.01. The molecule has 2 aromatic rings. The molecule has 0 saturated heterocycles. The molecule has 0 bridgehead atoms. The average molecular weight is 381 g/mol.